The number of furan rings is 1. The highest BCUT2D eigenvalue weighted by Gasteiger charge is 2.16. The van der Waals surface area contributed by atoms with E-state index in [4.69, 9.17) is 10.2 Å². The van der Waals surface area contributed by atoms with E-state index in [1.165, 1.54) is 41.3 Å². The third-order valence-electron chi connectivity index (χ3n) is 3.43. The maximum Gasteiger partial charge on any atom is 0.134 e. The van der Waals surface area contributed by atoms with Gasteiger partial charge in [0.2, 0.25) is 0 Å². The second-order valence-electron chi connectivity index (χ2n) is 4.32. The fourth-order valence-electron chi connectivity index (χ4n) is 2.53. The predicted molar refractivity (Wildman–Crippen MR) is 60.9 cm³/mol. The lowest BCUT2D eigenvalue weighted by Crippen LogP contribution is -1.95. The second-order valence-corrected chi connectivity index (χ2v) is 4.32. The lowest BCUT2D eigenvalue weighted by molar-refractivity contribution is 0.548. The minimum atomic E-state index is 0.491. The molecule has 0 aliphatic heterocycles. The monoisotopic (exact) mass is 201 g/mol. The maximum atomic E-state index is 5.75. The molecule has 0 amide bonds. The third-order valence-corrected chi connectivity index (χ3v) is 3.43. The first-order valence-corrected chi connectivity index (χ1v) is 5.53. The molecule has 2 heteroatoms. The molecular weight excluding hydrogens is 186 g/mol. The van der Waals surface area contributed by atoms with E-state index in [9.17, 15) is 0 Å². The second kappa shape index (κ2) is 3.11. The van der Waals surface area contributed by atoms with Gasteiger partial charge in [0.15, 0.2) is 0 Å². The van der Waals surface area contributed by atoms with Crippen molar-refractivity contribution < 1.29 is 4.42 Å². The number of hydrogen-bond acceptors (Lipinski definition) is 2. The fraction of sp³-hybridized carbons (Fsp3) is 0.385. The van der Waals surface area contributed by atoms with E-state index in [0.717, 1.165) is 11.3 Å². The van der Waals surface area contributed by atoms with Gasteiger partial charge in [0.1, 0.15) is 11.3 Å². The number of fused-ring (bicyclic) bond motifs is 2. The van der Waals surface area contributed by atoms with Crippen molar-refractivity contribution in [1.82, 2.24) is 0 Å². The zero-order valence-electron chi connectivity index (χ0n) is 8.97. The molecule has 0 fully saturated rings. The molecule has 0 unspecified atom stereocenters. The zero-order valence-corrected chi connectivity index (χ0v) is 8.97. The summed E-state index contributed by atoms with van der Waals surface area (Å²) in [6, 6.07) is 4.49. The molecule has 2 nitrogen and oxygen atoms in total. The van der Waals surface area contributed by atoms with Crippen molar-refractivity contribution in [1.29, 1.82) is 0 Å². The van der Waals surface area contributed by atoms with E-state index < -0.39 is 0 Å². The molecule has 2 N–H and O–H groups in total. The van der Waals surface area contributed by atoms with Gasteiger partial charge in [0.05, 0.1) is 6.54 Å². The number of aryl methyl sites for hydroxylation is 3. The average molecular weight is 201 g/mol. The molecule has 2 aromatic rings. The Balaban J connectivity index is 2.31. The lowest BCUT2D eigenvalue weighted by atomic mass is 10.1. The Morgan fingerprint density at radius 3 is 2.73 bits per heavy atom. The molecule has 0 spiro atoms. The molecule has 78 valence electrons. The Labute approximate surface area is 89.1 Å². The molecule has 1 heterocycles. The van der Waals surface area contributed by atoms with Crippen LogP contribution in [0, 0.1) is 6.92 Å². The normalized spacial score (nSPS) is 14.8. The van der Waals surface area contributed by atoms with Crippen LogP contribution in [-0.2, 0) is 19.4 Å². The Morgan fingerprint density at radius 1 is 1.27 bits per heavy atom. The summed E-state index contributed by atoms with van der Waals surface area (Å²) >= 11 is 0. The number of hydrogen-bond donors (Lipinski definition) is 1. The van der Waals surface area contributed by atoms with Crippen LogP contribution in [0.4, 0.5) is 0 Å². The number of rotatable bonds is 1. The van der Waals surface area contributed by atoms with Crippen LogP contribution in [0.25, 0.3) is 11.0 Å². The van der Waals surface area contributed by atoms with Gasteiger partial charge in [-0.15, -0.1) is 0 Å². The van der Waals surface area contributed by atoms with Crippen molar-refractivity contribution in [2.45, 2.75) is 32.7 Å². The van der Waals surface area contributed by atoms with E-state index in [1.54, 1.807) is 0 Å². The number of benzene rings is 1. The van der Waals surface area contributed by atoms with Gasteiger partial charge in [-0.1, -0.05) is 0 Å². The van der Waals surface area contributed by atoms with Crippen LogP contribution in [0.3, 0.4) is 0 Å². The summed E-state index contributed by atoms with van der Waals surface area (Å²) in [5.41, 5.74) is 10.8. The highest BCUT2D eigenvalue weighted by Crippen LogP contribution is 2.31. The Morgan fingerprint density at radius 2 is 2.00 bits per heavy atom. The van der Waals surface area contributed by atoms with Crippen LogP contribution in [0.2, 0.25) is 0 Å². The smallest absolute Gasteiger partial charge is 0.134 e. The Bertz CT molecular complexity index is 525. The lowest BCUT2D eigenvalue weighted by Gasteiger charge is -1.98. The van der Waals surface area contributed by atoms with Crippen LogP contribution in [0.15, 0.2) is 16.5 Å². The molecule has 0 atom stereocenters. The fourth-order valence-corrected chi connectivity index (χ4v) is 2.53. The Kier molecular flexibility index (Phi) is 1.86. The van der Waals surface area contributed by atoms with E-state index in [2.05, 4.69) is 19.1 Å². The van der Waals surface area contributed by atoms with Gasteiger partial charge >= 0.3 is 0 Å². The van der Waals surface area contributed by atoms with Gasteiger partial charge in [-0.2, -0.15) is 0 Å². The maximum absolute atomic E-state index is 5.75. The summed E-state index contributed by atoms with van der Waals surface area (Å²) in [5.74, 6) is 0.925. The van der Waals surface area contributed by atoms with Crippen molar-refractivity contribution in [2.24, 2.45) is 5.73 Å². The molecule has 0 saturated heterocycles. The van der Waals surface area contributed by atoms with Crippen molar-refractivity contribution in [3.63, 3.8) is 0 Å². The highest BCUT2D eigenvalue weighted by molar-refractivity contribution is 5.84. The Hall–Kier alpha value is -1.28. The molecule has 1 aliphatic carbocycles. The summed E-state index contributed by atoms with van der Waals surface area (Å²) in [6.45, 7) is 2.58. The summed E-state index contributed by atoms with van der Waals surface area (Å²) in [4.78, 5) is 0. The summed E-state index contributed by atoms with van der Waals surface area (Å²) < 4.78 is 5.75. The van der Waals surface area contributed by atoms with E-state index in [-0.39, 0.29) is 0 Å². The highest BCUT2D eigenvalue weighted by atomic mass is 16.3. The summed E-state index contributed by atoms with van der Waals surface area (Å²) in [5, 5.41) is 1.25. The van der Waals surface area contributed by atoms with Gasteiger partial charge < -0.3 is 10.2 Å². The van der Waals surface area contributed by atoms with Gasteiger partial charge in [0.25, 0.3) is 0 Å². The van der Waals surface area contributed by atoms with Crippen molar-refractivity contribution in [2.75, 3.05) is 0 Å². The molecule has 0 radical (unpaired) electrons. The molecule has 15 heavy (non-hydrogen) atoms. The van der Waals surface area contributed by atoms with Crippen molar-refractivity contribution in [3.05, 3.63) is 34.6 Å². The topological polar surface area (TPSA) is 39.2 Å². The van der Waals surface area contributed by atoms with Gasteiger partial charge in [-0.05, 0) is 55.0 Å². The van der Waals surface area contributed by atoms with Gasteiger partial charge in [-0.3, -0.25) is 0 Å². The summed E-state index contributed by atoms with van der Waals surface area (Å²) in [6.07, 6.45) is 3.70. The minimum absolute atomic E-state index is 0.491. The van der Waals surface area contributed by atoms with Crippen LogP contribution in [-0.4, -0.2) is 0 Å². The SMILES string of the molecule is Cc1c(CN)oc2cc3c(cc12)CCC3. The third kappa shape index (κ3) is 1.21. The van der Waals surface area contributed by atoms with E-state index in [1.807, 2.05) is 0 Å². The molecule has 0 bridgehead atoms. The first-order chi connectivity index (χ1) is 7.29. The standard InChI is InChI=1S/C13H15NO/c1-8-11-5-9-3-2-4-10(9)6-12(11)15-13(8)7-14/h5-6H,2-4,7,14H2,1H3. The first kappa shape index (κ1) is 8.98. The van der Waals surface area contributed by atoms with Crippen LogP contribution in [0.1, 0.15) is 28.9 Å². The largest absolute Gasteiger partial charge is 0.459 e. The van der Waals surface area contributed by atoms with E-state index >= 15 is 0 Å². The molecule has 0 saturated carbocycles. The van der Waals surface area contributed by atoms with Gasteiger partial charge in [0, 0.05) is 5.39 Å². The predicted octanol–water partition coefficient (Wildman–Crippen LogP) is 2.69. The first-order valence-electron chi connectivity index (χ1n) is 5.53. The van der Waals surface area contributed by atoms with Gasteiger partial charge in [-0.25, -0.2) is 0 Å². The van der Waals surface area contributed by atoms with E-state index in [0.29, 0.717) is 6.54 Å². The quantitative estimate of drug-likeness (QED) is 0.770. The summed E-state index contributed by atoms with van der Waals surface area (Å²) in [7, 11) is 0. The van der Waals surface area contributed by atoms with Crippen LogP contribution < -0.4 is 5.73 Å². The van der Waals surface area contributed by atoms with Crippen LogP contribution >= 0.6 is 0 Å². The van der Waals surface area contributed by atoms with Crippen LogP contribution in [0.5, 0.6) is 0 Å². The molecule has 1 aromatic heterocycles. The molecular formula is C13H15NO. The van der Waals surface area contributed by atoms with Crippen molar-refractivity contribution >= 4 is 11.0 Å². The molecule has 1 aromatic carbocycles. The average Bonchev–Trinajstić information content (AvgIpc) is 2.80. The number of nitrogens with two attached hydrogens (primary N) is 1. The zero-order chi connectivity index (χ0) is 10.4. The molecule has 1 aliphatic rings. The molecule has 3 rings (SSSR count). The minimum Gasteiger partial charge on any atom is -0.459 e. The van der Waals surface area contributed by atoms with Crippen molar-refractivity contribution in [3.8, 4) is 0 Å².